The van der Waals surface area contributed by atoms with Gasteiger partial charge in [-0.3, -0.25) is 0 Å². The SMILES string of the molecule is CC/C(=N\NC(N)=NCc1ccccc1)c1ccc(O)c(C)c1O. The van der Waals surface area contributed by atoms with Crippen LogP contribution in [0.3, 0.4) is 0 Å². The van der Waals surface area contributed by atoms with Gasteiger partial charge in [0.15, 0.2) is 0 Å². The van der Waals surface area contributed by atoms with Gasteiger partial charge in [0, 0.05) is 11.1 Å². The van der Waals surface area contributed by atoms with E-state index < -0.39 is 0 Å². The van der Waals surface area contributed by atoms with Crippen molar-refractivity contribution in [1.29, 1.82) is 0 Å². The molecule has 5 N–H and O–H groups in total. The zero-order valence-corrected chi connectivity index (χ0v) is 13.8. The summed E-state index contributed by atoms with van der Waals surface area (Å²) >= 11 is 0. The fourth-order valence-electron chi connectivity index (χ4n) is 2.17. The van der Waals surface area contributed by atoms with Crippen LogP contribution in [-0.4, -0.2) is 21.9 Å². The van der Waals surface area contributed by atoms with Gasteiger partial charge >= 0.3 is 0 Å². The fourth-order valence-corrected chi connectivity index (χ4v) is 2.17. The van der Waals surface area contributed by atoms with E-state index in [0.717, 1.165) is 5.56 Å². The number of hydrogen-bond acceptors (Lipinski definition) is 4. The van der Waals surface area contributed by atoms with Crippen LogP contribution >= 0.6 is 0 Å². The van der Waals surface area contributed by atoms with Crippen molar-refractivity contribution in [1.82, 2.24) is 5.43 Å². The lowest BCUT2D eigenvalue weighted by molar-refractivity contribution is 0.442. The molecule has 0 radical (unpaired) electrons. The van der Waals surface area contributed by atoms with Crippen molar-refractivity contribution in [2.45, 2.75) is 26.8 Å². The lowest BCUT2D eigenvalue weighted by Crippen LogP contribution is -2.28. The second kappa shape index (κ2) is 8.01. The van der Waals surface area contributed by atoms with E-state index in [1.807, 2.05) is 37.3 Å². The van der Waals surface area contributed by atoms with Gasteiger partial charge in [-0.05, 0) is 31.0 Å². The second-order valence-corrected chi connectivity index (χ2v) is 5.32. The Morgan fingerprint density at radius 3 is 2.50 bits per heavy atom. The summed E-state index contributed by atoms with van der Waals surface area (Å²) in [5.74, 6) is 0.251. The highest BCUT2D eigenvalue weighted by Gasteiger charge is 2.12. The zero-order chi connectivity index (χ0) is 17.5. The molecule has 0 unspecified atom stereocenters. The molecule has 0 fully saturated rings. The monoisotopic (exact) mass is 326 g/mol. The van der Waals surface area contributed by atoms with Crippen LogP contribution in [-0.2, 0) is 6.54 Å². The first-order valence-electron chi connectivity index (χ1n) is 7.71. The molecule has 2 aromatic rings. The number of rotatable bonds is 5. The average molecular weight is 326 g/mol. The Labute approximate surface area is 141 Å². The third-order valence-corrected chi connectivity index (χ3v) is 3.63. The fraction of sp³-hybridized carbons (Fsp3) is 0.222. The highest BCUT2D eigenvalue weighted by Crippen LogP contribution is 2.30. The Kier molecular flexibility index (Phi) is 5.78. The molecular formula is C18H22N4O2. The Hall–Kier alpha value is -3.02. The molecule has 126 valence electrons. The van der Waals surface area contributed by atoms with Gasteiger partial charge in [0.1, 0.15) is 11.5 Å². The molecule has 0 aliphatic rings. The van der Waals surface area contributed by atoms with E-state index in [2.05, 4.69) is 15.5 Å². The predicted octanol–water partition coefficient (Wildman–Crippen LogP) is 2.62. The lowest BCUT2D eigenvalue weighted by atomic mass is 10.0. The van der Waals surface area contributed by atoms with E-state index in [-0.39, 0.29) is 17.5 Å². The Bertz CT molecular complexity index is 755. The molecule has 2 aromatic carbocycles. The number of phenols is 2. The van der Waals surface area contributed by atoms with Gasteiger partial charge in [0.05, 0.1) is 12.3 Å². The molecule has 0 saturated carbocycles. The van der Waals surface area contributed by atoms with Gasteiger partial charge in [-0.1, -0.05) is 37.3 Å². The van der Waals surface area contributed by atoms with Gasteiger partial charge in [-0.15, -0.1) is 0 Å². The molecule has 2 rings (SSSR count). The maximum atomic E-state index is 10.2. The molecule has 0 aliphatic carbocycles. The number of benzene rings is 2. The van der Waals surface area contributed by atoms with E-state index in [1.54, 1.807) is 13.0 Å². The van der Waals surface area contributed by atoms with Crippen LogP contribution in [0.4, 0.5) is 0 Å². The number of hydrogen-bond donors (Lipinski definition) is 4. The van der Waals surface area contributed by atoms with Crippen LogP contribution in [0.5, 0.6) is 11.5 Å². The van der Waals surface area contributed by atoms with Crippen molar-refractivity contribution < 1.29 is 10.2 Å². The maximum Gasteiger partial charge on any atom is 0.209 e. The number of hydrazone groups is 1. The zero-order valence-electron chi connectivity index (χ0n) is 13.8. The molecule has 24 heavy (non-hydrogen) atoms. The smallest absolute Gasteiger partial charge is 0.209 e. The third-order valence-electron chi connectivity index (χ3n) is 3.63. The highest BCUT2D eigenvalue weighted by molar-refractivity contribution is 6.03. The van der Waals surface area contributed by atoms with Gasteiger partial charge in [0.2, 0.25) is 5.96 Å². The summed E-state index contributed by atoms with van der Waals surface area (Å²) in [7, 11) is 0. The summed E-state index contributed by atoms with van der Waals surface area (Å²) in [6.45, 7) is 4.02. The minimum absolute atomic E-state index is 0.0113. The summed E-state index contributed by atoms with van der Waals surface area (Å²) in [6.07, 6.45) is 0.580. The van der Waals surface area contributed by atoms with Crippen LogP contribution < -0.4 is 11.2 Å². The van der Waals surface area contributed by atoms with Crippen LogP contribution in [0.1, 0.15) is 30.0 Å². The normalized spacial score (nSPS) is 12.2. The van der Waals surface area contributed by atoms with E-state index >= 15 is 0 Å². The molecule has 0 heterocycles. The van der Waals surface area contributed by atoms with Crippen LogP contribution in [0.15, 0.2) is 52.6 Å². The summed E-state index contributed by atoms with van der Waals surface area (Å²) in [5.41, 5.74) is 11.2. The summed E-state index contributed by atoms with van der Waals surface area (Å²) in [4.78, 5) is 4.22. The van der Waals surface area contributed by atoms with E-state index in [4.69, 9.17) is 5.73 Å². The van der Waals surface area contributed by atoms with Crippen LogP contribution in [0, 0.1) is 6.92 Å². The van der Waals surface area contributed by atoms with Crippen LogP contribution in [0.2, 0.25) is 0 Å². The van der Waals surface area contributed by atoms with Gasteiger partial charge < -0.3 is 15.9 Å². The Morgan fingerprint density at radius 1 is 1.12 bits per heavy atom. The highest BCUT2D eigenvalue weighted by atomic mass is 16.3. The second-order valence-electron chi connectivity index (χ2n) is 5.32. The largest absolute Gasteiger partial charge is 0.508 e. The van der Waals surface area contributed by atoms with E-state index in [0.29, 0.717) is 29.8 Å². The lowest BCUT2D eigenvalue weighted by Gasteiger charge is -2.10. The first-order valence-corrected chi connectivity index (χ1v) is 7.71. The van der Waals surface area contributed by atoms with E-state index in [1.165, 1.54) is 6.07 Å². The van der Waals surface area contributed by atoms with Gasteiger partial charge in [0.25, 0.3) is 0 Å². The van der Waals surface area contributed by atoms with Crippen molar-refractivity contribution in [3.05, 3.63) is 59.2 Å². The van der Waals surface area contributed by atoms with Crippen molar-refractivity contribution in [3.63, 3.8) is 0 Å². The summed E-state index contributed by atoms with van der Waals surface area (Å²) < 4.78 is 0. The molecule has 0 saturated heterocycles. The summed E-state index contributed by atoms with van der Waals surface area (Å²) in [5, 5.41) is 24.0. The maximum absolute atomic E-state index is 10.2. The molecule has 6 heteroatoms. The number of phenolic OH excluding ortho intramolecular Hbond substituents is 2. The van der Waals surface area contributed by atoms with Crippen LogP contribution in [0.25, 0.3) is 0 Å². The Balaban J connectivity index is 2.12. The first kappa shape index (κ1) is 17.3. The third kappa shape index (κ3) is 4.25. The predicted molar refractivity (Wildman–Crippen MR) is 96.2 cm³/mol. The van der Waals surface area contributed by atoms with Crippen molar-refractivity contribution in [3.8, 4) is 11.5 Å². The standard InChI is InChI=1S/C18H22N4O2/c1-3-15(14-9-10-16(23)12(2)17(14)24)21-22-18(19)20-11-13-7-5-4-6-8-13/h4-10,23-24H,3,11H2,1-2H3,(H3,19,20,22)/b21-15+. The van der Waals surface area contributed by atoms with Gasteiger partial charge in [-0.25, -0.2) is 10.4 Å². The number of nitrogens with zero attached hydrogens (tertiary/aromatic N) is 2. The minimum Gasteiger partial charge on any atom is -0.508 e. The molecular weight excluding hydrogens is 304 g/mol. The molecule has 0 amide bonds. The van der Waals surface area contributed by atoms with E-state index in [9.17, 15) is 10.2 Å². The number of aromatic hydroxyl groups is 2. The quantitative estimate of drug-likeness (QED) is 0.385. The molecule has 0 bridgehead atoms. The first-order chi connectivity index (χ1) is 11.5. The van der Waals surface area contributed by atoms with Crippen molar-refractivity contribution >= 4 is 11.7 Å². The van der Waals surface area contributed by atoms with Crippen molar-refractivity contribution in [2.24, 2.45) is 15.8 Å². The molecule has 6 nitrogen and oxygen atoms in total. The number of nitrogens with two attached hydrogens (primary N) is 1. The number of nitrogens with one attached hydrogen (secondary N) is 1. The topological polar surface area (TPSA) is 103 Å². The molecule has 0 spiro atoms. The van der Waals surface area contributed by atoms with Crippen molar-refractivity contribution in [2.75, 3.05) is 0 Å². The van der Waals surface area contributed by atoms with Gasteiger partial charge in [-0.2, -0.15) is 5.10 Å². The minimum atomic E-state index is 0.0113. The average Bonchev–Trinajstić information content (AvgIpc) is 2.61. The molecule has 0 aliphatic heterocycles. The summed E-state index contributed by atoms with van der Waals surface area (Å²) in [6, 6.07) is 12.9. The number of aliphatic imine (C=N–C) groups is 1. The number of guanidine groups is 1. The Morgan fingerprint density at radius 2 is 1.83 bits per heavy atom. The molecule has 0 aromatic heterocycles. The molecule has 0 atom stereocenters.